The molecule has 0 atom stereocenters. The number of aromatic nitrogens is 1. The standard InChI is InChI=1S/C9H5BrN2S/c1-5-6(3-11)4-12-7-2-8(10)13-9(5)7/h2,4H,1H3. The summed E-state index contributed by atoms with van der Waals surface area (Å²) in [7, 11) is 0. The van der Waals surface area contributed by atoms with E-state index in [0.29, 0.717) is 5.56 Å². The lowest BCUT2D eigenvalue weighted by atomic mass is 10.2. The molecule has 0 radical (unpaired) electrons. The third kappa shape index (κ3) is 1.34. The van der Waals surface area contributed by atoms with Gasteiger partial charge in [-0.2, -0.15) is 5.26 Å². The van der Waals surface area contributed by atoms with Crippen molar-refractivity contribution in [2.75, 3.05) is 0 Å². The molecule has 2 aromatic rings. The fraction of sp³-hybridized carbons (Fsp3) is 0.111. The summed E-state index contributed by atoms with van der Waals surface area (Å²) in [5.74, 6) is 0. The van der Waals surface area contributed by atoms with Crippen molar-refractivity contribution in [3.05, 3.63) is 27.2 Å². The summed E-state index contributed by atoms with van der Waals surface area (Å²) in [6.45, 7) is 1.95. The highest BCUT2D eigenvalue weighted by Crippen LogP contribution is 2.31. The minimum Gasteiger partial charge on any atom is -0.254 e. The summed E-state index contributed by atoms with van der Waals surface area (Å²) in [6, 6.07) is 4.09. The fourth-order valence-electron chi connectivity index (χ4n) is 1.18. The van der Waals surface area contributed by atoms with Crippen LogP contribution in [0.5, 0.6) is 0 Å². The van der Waals surface area contributed by atoms with Gasteiger partial charge in [-0.1, -0.05) is 0 Å². The molecule has 64 valence electrons. The average molecular weight is 253 g/mol. The van der Waals surface area contributed by atoms with Gasteiger partial charge in [0, 0.05) is 6.20 Å². The van der Waals surface area contributed by atoms with Gasteiger partial charge < -0.3 is 0 Å². The van der Waals surface area contributed by atoms with E-state index >= 15 is 0 Å². The van der Waals surface area contributed by atoms with E-state index in [0.717, 1.165) is 19.6 Å². The Kier molecular flexibility index (Phi) is 2.06. The number of aryl methyl sites for hydroxylation is 1. The summed E-state index contributed by atoms with van der Waals surface area (Å²) < 4.78 is 2.14. The van der Waals surface area contributed by atoms with E-state index in [4.69, 9.17) is 5.26 Å². The molecule has 2 heterocycles. The number of rotatable bonds is 0. The maximum atomic E-state index is 8.79. The lowest BCUT2D eigenvalue weighted by molar-refractivity contribution is 1.34. The van der Waals surface area contributed by atoms with E-state index in [1.807, 2.05) is 13.0 Å². The molecule has 2 rings (SSSR count). The highest BCUT2D eigenvalue weighted by atomic mass is 79.9. The molecule has 0 N–H and O–H groups in total. The van der Waals surface area contributed by atoms with Crippen molar-refractivity contribution in [2.45, 2.75) is 6.92 Å². The van der Waals surface area contributed by atoms with Crippen LogP contribution in [0.2, 0.25) is 0 Å². The Morgan fingerprint density at radius 3 is 3.08 bits per heavy atom. The third-order valence-corrected chi connectivity index (χ3v) is 3.63. The molecular formula is C9H5BrN2S. The number of pyridine rings is 1. The van der Waals surface area contributed by atoms with E-state index in [2.05, 4.69) is 27.0 Å². The van der Waals surface area contributed by atoms with Gasteiger partial charge >= 0.3 is 0 Å². The molecule has 2 nitrogen and oxygen atoms in total. The van der Waals surface area contributed by atoms with Crippen molar-refractivity contribution in [3.63, 3.8) is 0 Å². The van der Waals surface area contributed by atoms with E-state index in [-0.39, 0.29) is 0 Å². The predicted octanol–water partition coefficient (Wildman–Crippen LogP) is 3.24. The van der Waals surface area contributed by atoms with Crippen LogP contribution in [0.15, 0.2) is 16.0 Å². The first-order valence-corrected chi connectivity index (χ1v) is 5.28. The zero-order valence-corrected chi connectivity index (χ0v) is 9.24. The van der Waals surface area contributed by atoms with E-state index < -0.39 is 0 Å². The Hall–Kier alpha value is -0.920. The molecule has 0 aliphatic carbocycles. The molecule has 13 heavy (non-hydrogen) atoms. The van der Waals surface area contributed by atoms with Gasteiger partial charge in [-0.3, -0.25) is 4.98 Å². The molecule has 0 saturated carbocycles. The monoisotopic (exact) mass is 252 g/mol. The number of hydrogen-bond acceptors (Lipinski definition) is 3. The summed E-state index contributed by atoms with van der Waals surface area (Å²) in [4.78, 5) is 4.19. The Balaban J connectivity index is 2.87. The number of thiophene rings is 1. The van der Waals surface area contributed by atoms with Crippen molar-refractivity contribution < 1.29 is 0 Å². The van der Waals surface area contributed by atoms with Crippen molar-refractivity contribution >= 4 is 37.5 Å². The molecule has 0 unspecified atom stereocenters. The highest BCUT2D eigenvalue weighted by molar-refractivity contribution is 9.11. The second kappa shape index (κ2) is 3.09. The molecule has 0 bridgehead atoms. The fourth-order valence-corrected chi connectivity index (χ4v) is 2.73. The molecule has 4 heteroatoms. The van der Waals surface area contributed by atoms with Gasteiger partial charge in [-0.25, -0.2) is 0 Å². The first kappa shape index (κ1) is 8.67. The van der Waals surface area contributed by atoms with Crippen molar-refractivity contribution in [2.24, 2.45) is 0 Å². The average Bonchev–Trinajstić information content (AvgIpc) is 2.47. The molecule has 0 saturated heterocycles. The smallest absolute Gasteiger partial charge is 0.101 e. The summed E-state index contributed by atoms with van der Waals surface area (Å²) >= 11 is 5.01. The van der Waals surface area contributed by atoms with Crippen LogP contribution in [0.1, 0.15) is 11.1 Å². The van der Waals surface area contributed by atoms with Crippen LogP contribution >= 0.6 is 27.3 Å². The van der Waals surface area contributed by atoms with Crippen molar-refractivity contribution in [1.82, 2.24) is 4.98 Å². The SMILES string of the molecule is Cc1c(C#N)cnc2cc(Br)sc12. The van der Waals surface area contributed by atoms with Crippen LogP contribution in [0.25, 0.3) is 10.2 Å². The van der Waals surface area contributed by atoms with Crippen LogP contribution in [0.4, 0.5) is 0 Å². The number of hydrogen-bond donors (Lipinski definition) is 0. The third-order valence-electron chi connectivity index (χ3n) is 1.88. The van der Waals surface area contributed by atoms with Crippen molar-refractivity contribution in [3.8, 4) is 6.07 Å². The topological polar surface area (TPSA) is 36.7 Å². The van der Waals surface area contributed by atoms with Gasteiger partial charge in [0.1, 0.15) is 6.07 Å². The summed E-state index contributed by atoms with van der Waals surface area (Å²) in [6.07, 6.45) is 1.62. The Bertz CT molecular complexity index is 510. The van der Waals surface area contributed by atoms with Crippen LogP contribution < -0.4 is 0 Å². The van der Waals surface area contributed by atoms with E-state index in [9.17, 15) is 0 Å². The van der Waals surface area contributed by atoms with E-state index in [1.165, 1.54) is 0 Å². The van der Waals surface area contributed by atoms with E-state index in [1.54, 1.807) is 17.5 Å². The Labute approximate surface area is 88.0 Å². The number of fused-ring (bicyclic) bond motifs is 1. The number of nitriles is 1. The molecule has 0 aromatic carbocycles. The summed E-state index contributed by atoms with van der Waals surface area (Å²) in [5.41, 5.74) is 2.62. The number of halogens is 1. The van der Waals surface area contributed by atoms with Crippen LogP contribution in [-0.2, 0) is 0 Å². The second-order valence-electron chi connectivity index (χ2n) is 2.67. The lowest BCUT2D eigenvalue weighted by Gasteiger charge is -1.96. The first-order valence-electron chi connectivity index (χ1n) is 3.67. The van der Waals surface area contributed by atoms with Gasteiger partial charge in [0.15, 0.2) is 0 Å². The maximum absolute atomic E-state index is 8.79. The molecule has 0 fully saturated rings. The maximum Gasteiger partial charge on any atom is 0.101 e. The van der Waals surface area contributed by atoms with Crippen LogP contribution in [0.3, 0.4) is 0 Å². The largest absolute Gasteiger partial charge is 0.254 e. The van der Waals surface area contributed by atoms with Crippen LogP contribution in [-0.4, -0.2) is 4.98 Å². The second-order valence-corrected chi connectivity index (χ2v) is 5.10. The molecular weight excluding hydrogens is 248 g/mol. The molecule has 2 aromatic heterocycles. The van der Waals surface area contributed by atoms with Crippen molar-refractivity contribution in [1.29, 1.82) is 5.26 Å². The van der Waals surface area contributed by atoms with Crippen LogP contribution in [0, 0.1) is 18.3 Å². The minimum absolute atomic E-state index is 0.654. The Morgan fingerprint density at radius 1 is 1.62 bits per heavy atom. The highest BCUT2D eigenvalue weighted by Gasteiger charge is 2.07. The zero-order valence-electron chi connectivity index (χ0n) is 6.84. The molecule has 0 spiro atoms. The summed E-state index contributed by atoms with van der Waals surface area (Å²) in [5, 5.41) is 8.79. The van der Waals surface area contributed by atoms with Gasteiger partial charge in [-0.05, 0) is 34.5 Å². The normalized spacial score (nSPS) is 10.2. The minimum atomic E-state index is 0.654. The van der Waals surface area contributed by atoms with Gasteiger partial charge in [0.25, 0.3) is 0 Å². The molecule has 0 aliphatic rings. The lowest BCUT2D eigenvalue weighted by Crippen LogP contribution is -1.84. The first-order chi connectivity index (χ1) is 6.22. The quantitative estimate of drug-likeness (QED) is 0.722. The van der Waals surface area contributed by atoms with Gasteiger partial charge in [0.2, 0.25) is 0 Å². The van der Waals surface area contributed by atoms with Gasteiger partial charge in [0.05, 0.1) is 19.6 Å². The number of nitrogens with zero attached hydrogens (tertiary/aromatic N) is 2. The predicted molar refractivity (Wildman–Crippen MR) is 56.8 cm³/mol. The zero-order chi connectivity index (χ0) is 9.42. The Morgan fingerprint density at radius 2 is 2.38 bits per heavy atom. The van der Waals surface area contributed by atoms with Gasteiger partial charge in [-0.15, -0.1) is 11.3 Å². The molecule has 0 aliphatic heterocycles. The molecule has 0 amide bonds.